The van der Waals surface area contributed by atoms with Crippen LogP contribution in [0.5, 0.6) is 0 Å². The van der Waals surface area contributed by atoms with Crippen molar-refractivity contribution in [1.29, 1.82) is 0 Å². The van der Waals surface area contributed by atoms with E-state index in [9.17, 15) is 4.39 Å². The van der Waals surface area contributed by atoms with E-state index in [4.69, 9.17) is 4.74 Å². The highest BCUT2D eigenvalue weighted by Crippen LogP contribution is 2.26. The molecule has 2 heterocycles. The van der Waals surface area contributed by atoms with Gasteiger partial charge >= 0.3 is 0 Å². The molecule has 1 aliphatic rings. The molecule has 1 fully saturated rings. The molecule has 0 amide bonds. The number of nitrogens with zero attached hydrogens (tertiary/aromatic N) is 2. The lowest BCUT2D eigenvalue weighted by atomic mass is 10.2. The molecule has 1 saturated heterocycles. The summed E-state index contributed by atoms with van der Waals surface area (Å²) >= 11 is 0. The zero-order valence-electron chi connectivity index (χ0n) is 8.40. The van der Waals surface area contributed by atoms with Crippen LogP contribution < -0.4 is 0 Å². The van der Waals surface area contributed by atoms with Gasteiger partial charge in [0.05, 0.1) is 24.8 Å². The maximum atomic E-state index is 13.5. The third-order valence-corrected chi connectivity index (χ3v) is 2.83. The van der Waals surface area contributed by atoms with Crippen molar-refractivity contribution in [3.8, 4) is 0 Å². The first-order chi connectivity index (χ1) is 7.27. The molecule has 3 nitrogen and oxygen atoms in total. The van der Waals surface area contributed by atoms with Crippen molar-refractivity contribution in [3.63, 3.8) is 0 Å². The van der Waals surface area contributed by atoms with Crippen molar-refractivity contribution in [2.24, 2.45) is 0 Å². The Balaban J connectivity index is 2.27. The van der Waals surface area contributed by atoms with Gasteiger partial charge in [0.1, 0.15) is 11.3 Å². The first-order valence-electron chi connectivity index (χ1n) is 4.98. The Labute approximate surface area is 86.5 Å². The molecule has 0 bridgehead atoms. The van der Waals surface area contributed by atoms with Gasteiger partial charge in [0.2, 0.25) is 0 Å². The molecule has 1 aliphatic heterocycles. The molecule has 1 aromatic heterocycles. The van der Waals surface area contributed by atoms with Gasteiger partial charge in [-0.1, -0.05) is 6.07 Å². The van der Waals surface area contributed by atoms with Crippen molar-refractivity contribution in [1.82, 2.24) is 9.55 Å². The highest BCUT2D eigenvalue weighted by molar-refractivity contribution is 5.76. The van der Waals surface area contributed by atoms with E-state index in [-0.39, 0.29) is 5.82 Å². The van der Waals surface area contributed by atoms with Crippen LogP contribution in [-0.4, -0.2) is 22.8 Å². The summed E-state index contributed by atoms with van der Waals surface area (Å²) in [6.45, 7) is 3.30. The fourth-order valence-corrected chi connectivity index (χ4v) is 2.03. The average molecular weight is 206 g/mol. The van der Waals surface area contributed by atoms with Crippen LogP contribution in [0.1, 0.15) is 11.9 Å². The Hall–Kier alpha value is -1.42. The van der Waals surface area contributed by atoms with E-state index in [1.807, 2.05) is 13.0 Å². The minimum absolute atomic E-state index is 0.255. The normalized spacial score (nSPS) is 16.9. The summed E-state index contributed by atoms with van der Waals surface area (Å²) in [6.07, 6.45) is 0. The number of aromatic nitrogens is 2. The van der Waals surface area contributed by atoms with E-state index in [1.165, 1.54) is 6.07 Å². The second kappa shape index (κ2) is 3.03. The van der Waals surface area contributed by atoms with Crippen LogP contribution in [-0.2, 0) is 4.74 Å². The SMILES string of the molecule is Cc1nc2c(F)cccc2n1C1COC1. The smallest absolute Gasteiger partial charge is 0.151 e. The Bertz CT molecular complexity index is 517. The highest BCUT2D eigenvalue weighted by Gasteiger charge is 2.24. The number of ether oxygens (including phenoxy) is 1. The number of benzene rings is 1. The maximum Gasteiger partial charge on any atom is 0.151 e. The van der Waals surface area contributed by atoms with E-state index < -0.39 is 0 Å². The van der Waals surface area contributed by atoms with E-state index in [0.717, 1.165) is 11.3 Å². The zero-order chi connectivity index (χ0) is 10.4. The number of rotatable bonds is 1. The lowest BCUT2D eigenvalue weighted by Crippen LogP contribution is -2.31. The summed E-state index contributed by atoms with van der Waals surface area (Å²) in [5.41, 5.74) is 1.32. The van der Waals surface area contributed by atoms with Crippen molar-refractivity contribution >= 4 is 11.0 Å². The molecule has 3 rings (SSSR count). The molecule has 15 heavy (non-hydrogen) atoms. The van der Waals surface area contributed by atoms with Crippen LogP contribution in [0.4, 0.5) is 4.39 Å². The molecule has 0 spiro atoms. The largest absolute Gasteiger partial charge is 0.377 e. The number of aryl methyl sites for hydroxylation is 1. The summed E-state index contributed by atoms with van der Waals surface area (Å²) in [6, 6.07) is 5.37. The van der Waals surface area contributed by atoms with Gasteiger partial charge in [0.25, 0.3) is 0 Å². The first-order valence-corrected chi connectivity index (χ1v) is 4.98. The number of halogens is 1. The number of imidazole rings is 1. The van der Waals surface area contributed by atoms with Crippen LogP contribution in [0.2, 0.25) is 0 Å². The predicted molar refractivity (Wildman–Crippen MR) is 54.3 cm³/mol. The zero-order valence-corrected chi connectivity index (χ0v) is 8.40. The summed E-state index contributed by atoms with van der Waals surface area (Å²) in [5.74, 6) is 0.595. The summed E-state index contributed by atoms with van der Waals surface area (Å²) in [5, 5.41) is 0. The van der Waals surface area contributed by atoms with Crippen molar-refractivity contribution in [2.75, 3.05) is 13.2 Å². The van der Waals surface area contributed by atoms with Crippen LogP contribution in [0.15, 0.2) is 18.2 Å². The van der Waals surface area contributed by atoms with Crippen molar-refractivity contribution in [2.45, 2.75) is 13.0 Å². The molecule has 0 radical (unpaired) electrons. The van der Waals surface area contributed by atoms with E-state index in [2.05, 4.69) is 9.55 Å². The standard InChI is InChI=1S/C11H11FN2O/c1-7-13-11-9(12)3-2-4-10(11)14(7)8-5-15-6-8/h2-4,8H,5-6H2,1H3. The number of fused-ring (bicyclic) bond motifs is 1. The highest BCUT2D eigenvalue weighted by atomic mass is 19.1. The summed E-state index contributed by atoms with van der Waals surface area (Å²) in [4.78, 5) is 4.25. The van der Waals surface area contributed by atoms with Gasteiger partial charge in [-0.15, -0.1) is 0 Å². The molecule has 2 aromatic rings. The maximum absolute atomic E-state index is 13.5. The minimum atomic E-state index is -0.255. The summed E-state index contributed by atoms with van der Waals surface area (Å²) < 4.78 is 20.7. The third-order valence-electron chi connectivity index (χ3n) is 2.83. The molecule has 4 heteroatoms. The molecule has 0 N–H and O–H groups in total. The third kappa shape index (κ3) is 1.18. The fraction of sp³-hybridized carbons (Fsp3) is 0.364. The van der Waals surface area contributed by atoms with Gasteiger partial charge in [-0.3, -0.25) is 0 Å². The molecule has 0 saturated carbocycles. The lowest BCUT2D eigenvalue weighted by Gasteiger charge is -2.28. The van der Waals surface area contributed by atoms with Gasteiger partial charge in [0.15, 0.2) is 5.82 Å². The Morgan fingerprint density at radius 1 is 1.47 bits per heavy atom. The molecule has 78 valence electrons. The van der Waals surface area contributed by atoms with Crippen LogP contribution in [0, 0.1) is 12.7 Å². The monoisotopic (exact) mass is 206 g/mol. The molecule has 1 aromatic carbocycles. The molecular weight excluding hydrogens is 195 g/mol. The Kier molecular flexibility index (Phi) is 1.79. The van der Waals surface area contributed by atoms with Crippen molar-refractivity contribution < 1.29 is 9.13 Å². The van der Waals surface area contributed by atoms with Gasteiger partial charge in [-0.25, -0.2) is 9.37 Å². The topological polar surface area (TPSA) is 27.1 Å². The van der Waals surface area contributed by atoms with Crippen LogP contribution in [0.25, 0.3) is 11.0 Å². The fourth-order valence-electron chi connectivity index (χ4n) is 2.03. The Morgan fingerprint density at radius 3 is 2.93 bits per heavy atom. The van der Waals surface area contributed by atoms with Gasteiger partial charge in [-0.05, 0) is 19.1 Å². The van der Waals surface area contributed by atoms with Gasteiger partial charge < -0.3 is 9.30 Å². The number of hydrogen-bond acceptors (Lipinski definition) is 2. The average Bonchev–Trinajstić information content (AvgIpc) is 2.44. The van der Waals surface area contributed by atoms with Crippen LogP contribution in [0.3, 0.4) is 0 Å². The molecule has 0 unspecified atom stereocenters. The first kappa shape index (κ1) is 8.85. The van der Waals surface area contributed by atoms with E-state index in [0.29, 0.717) is 24.8 Å². The van der Waals surface area contributed by atoms with E-state index >= 15 is 0 Å². The predicted octanol–water partition coefficient (Wildman–Crippen LogP) is 2.06. The van der Waals surface area contributed by atoms with E-state index in [1.54, 1.807) is 6.07 Å². The second-order valence-corrected chi connectivity index (χ2v) is 3.83. The summed E-state index contributed by atoms with van der Waals surface area (Å²) in [7, 11) is 0. The quantitative estimate of drug-likeness (QED) is 0.714. The minimum Gasteiger partial charge on any atom is -0.377 e. The van der Waals surface area contributed by atoms with Gasteiger partial charge in [0, 0.05) is 0 Å². The molecule has 0 atom stereocenters. The van der Waals surface area contributed by atoms with Crippen LogP contribution >= 0.6 is 0 Å². The van der Waals surface area contributed by atoms with Gasteiger partial charge in [-0.2, -0.15) is 0 Å². The Morgan fingerprint density at radius 2 is 2.27 bits per heavy atom. The van der Waals surface area contributed by atoms with Crippen molar-refractivity contribution in [3.05, 3.63) is 29.8 Å². The molecule has 0 aliphatic carbocycles. The lowest BCUT2D eigenvalue weighted by molar-refractivity contribution is -0.0224. The second-order valence-electron chi connectivity index (χ2n) is 3.83. The molecular formula is C11H11FN2O. The number of para-hydroxylation sites is 1. The number of hydrogen-bond donors (Lipinski definition) is 0.